The number of nitro groups is 1. The van der Waals surface area contributed by atoms with Crippen molar-refractivity contribution in [3.63, 3.8) is 0 Å². The summed E-state index contributed by atoms with van der Waals surface area (Å²) >= 11 is 0. The first-order chi connectivity index (χ1) is 9.79. The fraction of sp³-hybridized carbons (Fsp3) is 0.250. The number of pyridine rings is 1. The molecule has 21 heavy (non-hydrogen) atoms. The zero-order valence-electron chi connectivity index (χ0n) is 10.4. The third kappa shape index (κ3) is 3.36. The molecule has 5 nitrogen and oxygen atoms in total. The van der Waals surface area contributed by atoms with E-state index in [-0.39, 0.29) is 11.5 Å². The molecule has 0 saturated heterocycles. The summed E-state index contributed by atoms with van der Waals surface area (Å²) in [7, 11) is 0. The van der Waals surface area contributed by atoms with Gasteiger partial charge in [0.1, 0.15) is 5.82 Å². The van der Waals surface area contributed by atoms with Crippen molar-refractivity contribution in [1.29, 1.82) is 0 Å². The summed E-state index contributed by atoms with van der Waals surface area (Å²) < 4.78 is 49.6. The fourth-order valence-electron chi connectivity index (χ4n) is 1.61. The van der Waals surface area contributed by atoms with Crippen molar-refractivity contribution < 1.29 is 22.5 Å². The number of hydrogen-bond acceptors (Lipinski definition) is 4. The van der Waals surface area contributed by atoms with Gasteiger partial charge >= 0.3 is 12.3 Å². The van der Waals surface area contributed by atoms with Gasteiger partial charge < -0.3 is 5.32 Å². The molecule has 1 aromatic carbocycles. The Morgan fingerprint density at radius 3 is 2.62 bits per heavy atom. The van der Waals surface area contributed by atoms with Gasteiger partial charge in [0.25, 0.3) is 5.69 Å². The molecular formula is C12H9F4N3O2. The van der Waals surface area contributed by atoms with Gasteiger partial charge in [0, 0.05) is 17.5 Å². The number of hydrogen-bond donors (Lipinski definition) is 1. The van der Waals surface area contributed by atoms with Crippen LogP contribution in [0.2, 0.25) is 0 Å². The number of alkyl halides is 4. The van der Waals surface area contributed by atoms with E-state index in [1.165, 1.54) is 30.3 Å². The summed E-state index contributed by atoms with van der Waals surface area (Å²) in [5.74, 6) is -4.18. The number of halogens is 4. The second-order valence-electron chi connectivity index (χ2n) is 4.25. The highest BCUT2D eigenvalue weighted by atomic mass is 19.3. The van der Waals surface area contributed by atoms with Crippen molar-refractivity contribution in [2.45, 2.75) is 12.3 Å². The highest BCUT2D eigenvalue weighted by molar-refractivity contribution is 5.82. The van der Waals surface area contributed by atoms with E-state index in [1.54, 1.807) is 0 Å². The zero-order chi connectivity index (χ0) is 15.6. The van der Waals surface area contributed by atoms with E-state index in [2.05, 4.69) is 10.3 Å². The SMILES string of the molecule is O=[N+]([O-])c1ccc2nc(NCC(F)(F)C(F)F)ccc2c1. The van der Waals surface area contributed by atoms with Gasteiger partial charge in [-0.25, -0.2) is 13.8 Å². The smallest absolute Gasteiger partial charge is 0.324 e. The van der Waals surface area contributed by atoms with Gasteiger partial charge in [-0.05, 0) is 18.2 Å². The Kier molecular flexibility index (Phi) is 3.92. The summed E-state index contributed by atoms with van der Waals surface area (Å²) in [6, 6.07) is 6.56. The standard InChI is InChI=1S/C12H9F4N3O2/c13-11(14)12(15,16)6-17-10-4-1-7-5-8(19(20)21)2-3-9(7)18-10/h1-5,11H,6H2,(H,17,18). The molecule has 0 radical (unpaired) electrons. The van der Waals surface area contributed by atoms with Gasteiger partial charge in [-0.15, -0.1) is 0 Å². The third-order valence-electron chi connectivity index (χ3n) is 2.71. The maximum absolute atomic E-state index is 12.8. The fourth-order valence-corrected chi connectivity index (χ4v) is 1.61. The van der Waals surface area contributed by atoms with Crippen LogP contribution in [0.5, 0.6) is 0 Å². The van der Waals surface area contributed by atoms with E-state index in [0.29, 0.717) is 10.9 Å². The van der Waals surface area contributed by atoms with Gasteiger partial charge in [-0.2, -0.15) is 8.78 Å². The number of rotatable bonds is 5. The summed E-state index contributed by atoms with van der Waals surface area (Å²) in [6.07, 6.45) is -3.77. The highest BCUT2D eigenvalue weighted by Crippen LogP contribution is 2.24. The molecule has 0 fully saturated rings. The van der Waals surface area contributed by atoms with Gasteiger partial charge in [0.15, 0.2) is 0 Å². The molecule has 0 spiro atoms. The van der Waals surface area contributed by atoms with Crippen LogP contribution < -0.4 is 5.32 Å². The zero-order valence-corrected chi connectivity index (χ0v) is 10.4. The first kappa shape index (κ1) is 14.9. The predicted octanol–water partition coefficient (Wildman–Crippen LogP) is 3.46. The average molecular weight is 303 g/mol. The Bertz CT molecular complexity index is 679. The van der Waals surface area contributed by atoms with Crippen molar-refractivity contribution in [2.24, 2.45) is 0 Å². The van der Waals surface area contributed by atoms with E-state index >= 15 is 0 Å². The summed E-state index contributed by atoms with van der Waals surface area (Å²) in [4.78, 5) is 14.0. The van der Waals surface area contributed by atoms with Crippen LogP contribution in [-0.2, 0) is 0 Å². The molecule has 0 saturated carbocycles. The van der Waals surface area contributed by atoms with Crippen LogP contribution in [0.1, 0.15) is 0 Å². The predicted molar refractivity (Wildman–Crippen MR) is 67.8 cm³/mol. The topological polar surface area (TPSA) is 68.1 Å². The molecular weight excluding hydrogens is 294 g/mol. The van der Waals surface area contributed by atoms with E-state index in [9.17, 15) is 27.7 Å². The van der Waals surface area contributed by atoms with Gasteiger partial charge in [-0.1, -0.05) is 0 Å². The average Bonchev–Trinajstić information content (AvgIpc) is 2.44. The number of anilines is 1. The maximum Gasteiger partial charge on any atom is 0.324 e. The monoisotopic (exact) mass is 303 g/mol. The van der Waals surface area contributed by atoms with Crippen LogP contribution >= 0.6 is 0 Å². The molecule has 0 amide bonds. The first-order valence-electron chi connectivity index (χ1n) is 5.74. The number of non-ortho nitro benzene ring substituents is 1. The number of aromatic nitrogens is 1. The van der Waals surface area contributed by atoms with Gasteiger partial charge in [0.05, 0.1) is 17.0 Å². The molecule has 0 aliphatic heterocycles. The molecule has 0 aliphatic carbocycles. The van der Waals surface area contributed by atoms with Crippen LogP contribution in [0.25, 0.3) is 10.9 Å². The molecule has 1 N–H and O–H groups in total. The molecule has 1 aromatic heterocycles. The molecule has 112 valence electrons. The number of nitro benzene ring substituents is 1. The summed E-state index contributed by atoms with van der Waals surface area (Å²) in [5.41, 5.74) is 0.195. The minimum atomic E-state index is -4.16. The van der Waals surface area contributed by atoms with E-state index in [4.69, 9.17) is 0 Å². The first-order valence-corrected chi connectivity index (χ1v) is 5.74. The Labute approximate surface area is 115 Å². The van der Waals surface area contributed by atoms with Crippen molar-refractivity contribution >= 4 is 22.4 Å². The quantitative estimate of drug-likeness (QED) is 0.522. The molecule has 0 bridgehead atoms. The Morgan fingerprint density at radius 1 is 1.29 bits per heavy atom. The molecule has 9 heteroatoms. The van der Waals surface area contributed by atoms with E-state index < -0.39 is 23.8 Å². The normalized spacial score (nSPS) is 11.9. The van der Waals surface area contributed by atoms with Crippen LogP contribution in [0.3, 0.4) is 0 Å². The molecule has 0 unspecified atom stereocenters. The van der Waals surface area contributed by atoms with Gasteiger partial charge in [0.2, 0.25) is 0 Å². The molecule has 2 rings (SSSR count). The number of fused-ring (bicyclic) bond motifs is 1. The lowest BCUT2D eigenvalue weighted by molar-refractivity contribution is -0.384. The summed E-state index contributed by atoms with van der Waals surface area (Å²) in [6.45, 7) is -1.25. The largest absolute Gasteiger partial charge is 0.364 e. The van der Waals surface area contributed by atoms with Gasteiger partial charge in [-0.3, -0.25) is 10.1 Å². The van der Waals surface area contributed by atoms with E-state index in [0.717, 1.165) is 0 Å². The van der Waals surface area contributed by atoms with Crippen molar-refractivity contribution in [1.82, 2.24) is 4.98 Å². The Morgan fingerprint density at radius 2 is 2.00 bits per heavy atom. The second-order valence-corrected chi connectivity index (χ2v) is 4.25. The lowest BCUT2D eigenvalue weighted by Crippen LogP contribution is -2.35. The lowest BCUT2D eigenvalue weighted by Gasteiger charge is -2.16. The van der Waals surface area contributed by atoms with Crippen molar-refractivity contribution in [3.05, 3.63) is 40.4 Å². The second kappa shape index (κ2) is 5.51. The number of nitrogens with zero attached hydrogens (tertiary/aromatic N) is 2. The lowest BCUT2D eigenvalue weighted by atomic mass is 10.2. The molecule has 2 aromatic rings. The molecule has 0 atom stereocenters. The Balaban J connectivity index is 2.20. The van der Waals surface area contributed by atoms with Crippen LogP contribution in [0, 0.1) is 10.1 Å². The highest BCUT2D eigenvalue weighted by Gasteiger charge is 2.40. The van der Waals surface area contributed by atoms with Crippen LogP contribution in [0.15, 0.2) is 30.3 Å². The maximum atomic E-state index is 12.8. The molecule has 0 aliphatic rings. The number of benzene rings is 1. The van der Waals surface area contributed by atoms with E-state index in [1.807, 2.05) is 0 Å². The number of nitrogens with one attached hydrogen (secondary N) is 1. The van der Waals surface area contributed by atoms with Crippen molar-refractivity contribution in [2.75, 3.05) is 11.9 Å². The molecule has 1 heterocycles. The van der Waals surface area contributed by atoms with Crippen LogP contribution in [-0.4, -0.2) is 28.8 Å². The van der Waals surface area contributed by atoms with Crippen molar-refractivity contribution in [3.8, 4) is 0 Å². The summed E-state index contributed by atoms with van der Waals surface area (Å²) in [5, 5.41) is 13.2. The Hall–Kier alpha value is -2.45. The minimum Gasteiger partial charge on any atom is -0.364 e. The third-order valence-corrected chi connectivity index (χ3v) is 2.71. The van der Waals surface area contributed by atoms with Crippen LogP contribution in [0.4, 0.5) is 29.1 Å². The minimum absolute atomic E-state index is 0.0170.